The number of nitrogens with zero attached hydrogens (tertiary/aromatic N) is 3. The standard InChI is InChI=1S/C19H21N3O2S/c1-3-13-4-6-14(7-5-13)16-10-22-17(12-25-19(22)20-16)18(23)21(2)15-8-9-24-11-15/h4-7,10,12,15H,3,8-9,11H2,1-2H3. The number of rotatable bonds is 4. The molecule has 0 saturated carbocycles. The van der Waals surface area contributed by atoms with Crippen molar-refractivity contribution in [3.8, 4) is 11.3 Å². The topological polar surface area (TPSA) is 46.8 Å². The molecule has 0 aliphatic carbocycles. The van der Waals surface area contributed by atoms with Crippen LogP contribution in [0.3, 0.4) is 0 Å². The van der Waals surface area contributed by atoms with E-state index in [1.54, 1.807) is 4.90 Å². The molecule has 3 heterocycles. The van der Waals surface area contributed by atoms with Crippen molar-refractivity contribution in [2.24, 2.45) is 0 Å². The van der Waals surface area contributed by atoms with Crippen LogP contribution in [0.15, 0.2) is 35.8 Å². The van der Waals surface area contributed by atoms with Gasteiger partial charge in [0.2, 0.25) is 0 Å². The molecule has 4 rings (SSSR count). The molecule has 0 radical (unpaired) electrons. The number of aryl methyl sites for hydroxylation is 1. The van der Waals surface area contributed by atoms with Crippen molar-refractivity contribution in [1.82, 2.24) is 14.3 Å². The molecule has 1 amide bonds. The lowest BCUT2D eigenvalue weighted by Crippen LogP contribution is -2.37. The van der Waals surface area contributed by atoms with E-state index < -0.39 is 0 Å². The Morgan fingerprint density at radius 2 is 2.20 bits per heavy atom. The van der Waals surface area contributed by atoms with Crippen LogP contribution in [-0.4, -0.2) is 46.5 Å². The molecule has 0 spiro atoms. The molecule has 0 N–H and O–H groups in total. The minimum absolute atomic E-state index is 0.0204. The lowest BCUT2D eigenvalue weighted by Gasteiger charge is -2.22. The van der Waals surface area contributed by atoms with Crippen molar-refractivity contribution in [2.75, 3.05) is 20.3 Å². The molecule has 1 aliphatic rings. The number of amides is 1. The smallest absolute Gasteiger partial charge is 0.271 e. The molecule has 1 aliphatic heterocycles. The number of imidazole rings is 1. The number of ether oxygens (including phenoxy) is 1. The molecule has 130 valence electrons. The summed E-state index contributed by atoms with van der Waals surface area (Å²) in [5.41, 5.74) is 3.94. The molecule has 1 fully saturated rings. The maximum absolute atomic E-state index is 12.9. The molecule has 6 heteroatoms. The number of benzene rings is 1. The van der Waals surface area contributed by atoms with E-state index in [2.05, 4.69) is 36.2 Å². The third-order valence-corrected chi connectivity index (χ3v) is 5.70. The summed E-state index contributed by atoms with van der Waals surface area (Å²) in [4.78, 5) is 20.2. The Morgan fingerprint density at radius 1 is 1.40 bits per heavy atom. The first-order valence-corrected chi connectivity index (χ1v) is 9.46. The van der Waals surface area contributed by atoms with Gasteiger partial charge in [0.15, 0.2) is 4.96 Å². The largest absolute Gasteiger partial charge is 0.379 e. The van der Waals surface area contributed by atoms with Crippen LogP contribution in [0.4, 0.5) is 0 Å². The summed E-state index contributed by atoms with van der Waals surface area (Å²) in [6.45, 7) is 3.49. The molecule has 0 bridgehead atoms. The molecule has 1 aromatic carbocycles. The summed E-state index contributed by atoms with van der Waals surface area (Å²) < 4.78 is 7.31. The molecule has 1 unspecified atom stereocenters. The van der Waals surface area contributed by atoms with Crippen molar-refractivity contribution in [2.45, 2.75) is 25.8 Å². The first-order chi connectivity index (χ1) is 12.2. The average Bonchev–Trinajstić information content (AvgIpc) is 3.37. The summed E-state index contributed by atoms with van der Waals surface area (Å²) >= 11 is 1.50. The number of hydrogen-bond acceptors (Lipinski definition) is 4. The summed E-state index contributed by atoms with van der Waals surface area (Å²) in [6, 6.07) is 8.60. The number of aromatic nitrogens is 2. The van der Waals surface area contributed by atoms with E-state index in [9.17, 15) is 4.79 Å². The highest BCUT2D eigenvalue weighted by Crippen LogP contribution is 2.25. The molecule has 25 heavy (non-hydrogen) atoms. The van der Waals surface area contributed by atoms with Crippen molar-refractivity contribution in [1.29, 1.82) is 0 Å². The fourth-order valence-electron chi connectivity index (χ4n) is 3.16. The van der Waals surface area contributed by atoms with E-state index in [0.29, 0.717) is 12.3 Å². The van der Waals surface area contributed by atoms with Gasteiger partial charge in [-0.05, 0) is 18.4 Å². The van der Waals surface area contributed by atoms with Crippen LogP contribution in [-0.2, 0) is 11.2 Å². The van der Waals surface area contributed by atoms with Gasteiger partial charge in [0, 0.05) is 30.8 Å². The van der Waals surface area contributed by atoms with Gasteiger partial charge in [-0.3, -0.25) is 9.20 Å². The van der Waals surface area contributed by atoms with Gasteiger partial charge in [-0.1, -0.05) is 31.2 Å². The van der Waals surface area contributed by atoms with Crippen LogP contribution >= 0.6 is 11.3 Å². The first kappa shape index (κ1) is 16.3. The van der Waals surface area contributed by atoms with E-state index in [4.69, 9.17) is 4.74 Å². The van der Waals surface area contributed by atoms with Gasteiger partial charge in [-0.2, -0.15) is 0 Å². The third kappa shape index (κ3) is 2.96. The van der Waals surface area contributed by atoms with Gasteiger partial charge < -0.3 is 9.64 Å². The molecule has 5 nitrogen and oxygen atoms in total. The lowest BCUT2D eigenvalue weighted by atomic mass is 10.1. The van der Waals surface area contributed by atoms with E-state index >= 15 is 0 Å². The monoisotopic (exact) mass is 355 g/mol. The molecular weight excluding hydrogens is 334 g/mol. The number of carbonyl (C=O) groups excluding carboxylic acids is 1. The summed E-state index contributed by atoms with van der Waals surface area (Å²) in [6.07, 6.45) is 3.88. The second kappa shape index (κ2) is 6.61. The van der Waals surface area contributed by atoms with Crippen LogP contribution in [0.5, 0.6) is 0 Å². The summed E-state index contributed by atoms with van der Waals surface area (Å²) in [7, 11) is 1.85. The Kier molecular flexibility index (Phi) is 4.31. The number of hydrogen-bond donors (Lipinski definition) is 0. The Hall–Kier alpha value is -2.18. The van der Waals surface area contributed by atoms with Crippen LogP contribution < -0.4 is 0 Å². The van der Waals surface area contributed by atoms with Crippen molar-refractivity contribution >= 4 is 22.2 Å². The Balaban J connectivity index is 1.64. The Morgan fingerprint density at radius 3 is 2.88 bits per heavy atom. The zero-order valence-corrected chi connectivity index (χ0v) is 15.3. The van der Waals surface area contributed by atoms with Gasteiger partial charge >= 0.3 is 0 Å². The van der Waals surface area contributed by atoms with E-state index in [-0.39, 0.29) is 11.9 Å². The van der Waals surface area contributed by atoms with E-state index in [1.165, 1.54) is 16.9 Å². The number of carbonyl (C=O) groups is 1. The van der Waals surface area contributed by atoms with Gasteiger partial charge in [0.05, 0.1) is 18.3 Å². The van der Waals surface area contributed by atoms with E-state index in [0.717, 1.165) is 35.7 Å². The molecular formula is C19H21N3O2S. The lowest BCUT2D eigenvalue weighted by molar-refractivity contribution is 0.0704. The van der Waals surface area contributed by atoms with Crippen LogP contribution in [0, 0.1) is 0 Å². The quantitative estimate of drug-likeness (QED) is 0.720. The zero-order chi connectivity index (χ0) is 17.4. The van der Waals surface area contributed by atoms with Gasteiger partial charge in [0.1, 0.15) is 5.69 Å². The van der Waals surface area contributed by atoms with Crippen molar-refractivity contribution in [3.05, 3.63) is 47.1 Å². The van der Waals surface area contributed by atoms with Crippen LogP contribution in [0.1, 0.15) is 29.4 Å². The molecule has 1 saturated heterocycles. The Labute approximate surface area is 150 Å². The van der Waals surface area contributed by atoms with Crippen LogP contribution in [0.25, 0.3) is 16.2 Å². The minimum Gasteiger partial charge on any atom is -0.379 e. The SMILES string of the molecule is CCc1ccc(-c2cn3c(C(=O)N(C)C4CCOC4)csc3n2)cc1. The average molecular weight is 355 g/mol. The minimum atomic E-state index is 0.0204. The van der Waals surface area contributed by atoms with Crippen LogP contribution in [0.2, 0.25) is 0 Å². The number of fused-ring (bicyclic) bond motifs is 1. The van der Waals surface area contributed by atoms with Crippen molar-refractivity contribution in [3.63, 3.8) is 0 Å². The first-order valence-electron chi connectivity index (χ1n) is 8.58. The van der Waals surface area contributed by atoms with Gasteiger partial charge in [-0.15, -0.1) is 11.3 Å². The summed E-state index contributed by atoms with van der Waals surface area (Å²) in [5, 5.41) is 1.89. The normalized spacial score (nSPS) is 17.3. The maximum Gasteiger partial charge on any atom is 0.271 e. The van der Waals surface area contributed by atoms with Crippen molar-refractivity contribution < 1.29 is 9.53 Å². The molecule has 2 aromatic heterocycles. The highest BCUT2D eigenvalue weighted by atomic mass is 32.1. The second-order valence-corrected chi connectivity index (χ2v) is 7.22. The third-order valence-electron chi connectivity index (χ3n) is 4.86. The highest BCUT2D eigenvalue weighted by Gasteiger charge is 2.27. The number of thiazole rings is 1. The predicted molar refractivity (Wildman–Crippen MR) is 99.2 cm³/mol. The number of likely N-dealkylation sites (N-methyl/N-ethyl adjacent to an activating group) is 1. The van der Waals surface area contributed by atoms with Gasteiger partial charge in [-0.25, -0.2) is 4.98 Å². The molecule has 1 atom stereocenters. The maximum atomic E-state index is 12.9. The molecule has 3 aromatic rings. The summed E-state index contributed by atoms with van der Waals surface area (Å²) in [5.74, 6) is 0.0204. The zero-order valence-electron chi connectivity index (χ0n) is 14.4. The predicted octanol–water partition coefficient (Wildman–Crippen LogP) is 3.49. The fourth-order valence-corrected chi connectivity index (χ4v) is 4.01. The Bertz CT molecular complexity index is 891. The highest BCUT2D eigenvalue weighted by molar-refractivity contribution is 7.15. The second-order valence-electron chi connectivity index (χ2n) is 6.38. The van der Waals surface area contributed by atoms with Gasteiger partial charge in [0.25, 0.3) is 5.91 Å². The fraction of sp³-hybridized carbons (Fsp3) is 0.368. The van der Waals surface area contributed by atoms with E-state index in [1.807, 2.05) is 23.0 Å².